The van der Waals surface area contributed by atoms with Gasteiger partial charge in [-0.3, -0.25) is 0 Å². The molecule has 19 heavy (non-hydrogen) atoms. The second kappa shape index (κ2) is 5.91. The summed E-state index contributed by atoms with van der Waals surface area (Å²) in [4.78, 5) is 0. The van der Waals surface area contributed by atoms with Crippen molar-refractivity contribution in [2.45, 2.75) is 19.4 Å². The summed E-state index contributed by atoms with van der Waals surface area (Å²) in [6.07, 6.45) is 0.556. The maximum Gasteiger partial charge on any atom is 0.142 e. The van der Waals surface area contributed by atoms with E-state index in [1.165, 1.54) is 12.1 Å². The van der Waals surface area contributed by atoms with Crippen LogP contribution in [0.2, 0.25) is 10.0 Å². The van der Waals surface area contributed by atoms with Crippen molar-refractivity contribution in [2.24, 2.45) is 5.73 Å². The van der Waals surface area contributed by atoms with Crippen molar-refractivity contribution in [2.75, 3.05) is 0 Å². The van der Waals surface area contributed by atoms with E-state index in [0.29, 0.717) is 17.0 Å². The number of hydrogen-bond donors (Lipinski definition) is 1. The number of rotatable bonds is 3. The lowest BCUT2D eigenvalue weighted by Gasteiger charge is -2.14. The highest BCUT2D eigenvalue weighted by molar-refractivity contribution is 6.31. The van der Waals surface area contributed by atoms with Crippen LogP contribution in [0.25, 0.3) is 0 Å². The summed E-state index contributed by atoms with van der Waals surface area (Å²) in [5.74, 6) is -0.454. The van der Waals surface area contributed by atoms with E-state index in [1.54, 1.807) is 6.07 Å². The fourth-order valence-electron chi connectivity index (χ4n) is 1.92. The fraction of sp³-hybridized carbons (Fsp3) is 0.200. The molecule has 0 aliphatic heterocycles. The number of hydrogen-bond acceptors (Lipinski definition) is 1. The molecule has 0 aliphatic carbocycles. The Kier molecular flexibility index (Phi) is 4.46. The standard InChI is InChI=1S/C15H14Cl2FN/c1-9-2-3-10(13(17)6-9)8-15(19)11-4-5-12(16)14(18)7-11/h2-7,15H,8,19H2,1H3. The maximum absolute atomic E-state index is 13.4. The van der Waals surface area contributed by atoms with Crippen molar-refractivity contribution in [3.63, 3.8) is 0 Å². The average molecular weight is 298 g/mol. The summed E-state index contributed by atoms with van der Waals surface area (Å²) < 4.78 is 13.4. The topological polar surface area (TPSA) is 26.0 Å². The first-order valence-electron chi connectivity index (χ1n) is 5.93. The molecule has 2 rings (SSSR count). The Balaban J connectivity index is 2.20. The molecule has 0 saturated heterocycles. The van der Waals surface area contributed by atoms with Crippen molar-refractivity contribution < 1.29 is 4.39 Å². The van der Waals surface area contributed by atoms with Crippen LogP contribution in [0.4, 0.5) is 4.39 Å². The smallest absolute Gasteiger partial charge is 0.142 e. The van der Waals surface area contributed by atoms with E-state index in [-0.39, 0.29) is 11.1 Å². The summed E-state index contributed by atoms with van der Waals surface area (Å²) in [7, 11) is 0. The molecule has 0 aromatic heterocycles. The zero-order valence-electron chi connectivity index (χ0n) is 10.5. The summed E-state index contributed by atoms with van der Waals surface area (Å²) in [5.41, 5.74) is 8.84. The number of benzene rings is 2. The molecule has 1 nitrogen and oxygen atoms in total. The predicted molar refractivity (Wildman–Crippen MR) is 78.2 cm³/mol. The van der Waals surface area contributed by atoms with Gasteiger partial charge in [0.1, 0.15) is 5.82 Å². The Morgan fingerprint density at radius 1 is 1.11 bits per heavy atom. The Morgan fingerprint density at radius 3 is 2.47 bits per heavy atom. The molecule has 0 spiro atoms. The van der Waals surface area contributed by atoms with Gasteiger partial charge in [-0.15, -0.1) is 0 Å². The largest absolute Gasteiger partial charge is 0.324 e. The minimum atomic E-state index is -0.454. The molecule has 0 radical (unpaired) electrons. The first-order chi connectivity index (χ1) is 8.97. The van der Waals surface area contributed by atoms with Gasteiger partial charge in [-0.1, -0.05) is 41.4 Å². The van der Waals surface area contributed by atoms with Gasteiger partial charge in [0.15, 0.2) is 0 Å². The Morgan fingerprint density at radius 2 is 1.84 bits per heavy atom. The van der Waals surface area contributed by atoms with Gasteiger partial charge < -0.3 is 5.73 Å². The van der Waals surface area contributed by atoms with Crippen molar-refractivity contribution in [3.8, 4) is 0 Å². The molecule has 0 fully saturated rings. The van der Waals surface area contributed by atoms with Crippen molar-refractivity contribution in [1.29, 1.82) is 0 Å². The van der Waals surface area contributed by atoms with Crippen molar-refractivity contribution in [1.82, 2.24) is 0 Å². The van der Waals surface area contributed by atoms with E-state index in [9.17, 15) is 4.39 Å². The van der Waals surface area contributed by atoms with Crippen LogP contribution in [0.5, 0.6) is 0 Å². The van der Waals surface area contributed by atoms with Crippen LogP contribution in [-0.4, -0.2) is 0 Å². The molecule has 0 aliphatic rings. The lowest BCUT2D eigenvalue weighted by Crippen LogP contribution is -2.14. The summed E-state index contributed by atoms with van der Waals surface area (Å²) in [6, 6.07) is 10.1. The highest BCUT2D eigenvalue weighted by Crippen LogP contribution is 2.25. The van der Waals surface area contributed by atoms with E-state index in [1.807, 2.05) is 25.1 Å². The molecule has 2 aromatic rings. The second-order valence-electron chi connectivity index (χ2n) is 4.58. The third-order valence-corrected chi connectivity index (χ3v) is 3.68. The van der Waals surface area contributed by atoms with Gasteiger partial charge in [0, 0.05) is 11.1 Å². The van der Waals surface area contributed by atoms with Crippen LogP contribution < -0.4 is 5.73 Å². The number of aryl methyl sites for hydroxylation is 1. The highest BCUT2D eigenvalue weighted by atomic mass is 35.5. The molecule has 0 amide bonds. The van der Waals surface area contributed by atoms with Gasteiger partial charge in [-0.25, -0.2) is 4.39 Å². The normalized spacial score (nSPS) is 12.5. The summed E-state index contributed by atoms with van der Waals surface area (Å²) in [5, 5.41) is 0.786. The van der Waals surface area contributed by atoms with Crippen molar-refractivity contribution in [3.05, 3.63) is 69.0 Å². The Labute approximate surface area is 122 Å². The van der Waals surface area contributed by atoms with Crippen molar-refractivity contribution >= 4 is 23.2 Å². The third kappa shape index (κ3) is 3.47. The van der Waals surface area contributed by atoms with E-state index >= 15 is 0 Å². The van der Waals surface area contributed by atoms with Gasteiger partial charge in [-0.2, -0.15) is 0 Å². The zero-order chi connectivity index (χ0) is 14.0. The molecule has 0 heterocycles. The first-order valence-corrected chi connectivity index (χ1v) is 6.68. The lowest BCUT2D eigenvalue weighted by atomic mass is 9.99. The predicted octanol–water partition coefficient (Wildman–Crippen LogP) is 4.68. The molecule has 0 saturated carbocycles. The van der Waals surface area contributed by atoms with E-state index in [4.69, 9.17) is 28.9 Å². The SMILES string of the molecule is Cc1ccc(CC(N)c2ccc(Cl)c(F)c2)c(Cl)c1. The number of nitrogens with two attached hydrogens (primary N) is 1. The maximum atomic E-state index is 13.4. The van der Waals surface area contributed by atoms with Gasteiger partial charge in [0.25, 0.3) is 0 Å². The average Bonchev–Trinajstić information content (AvgIpc) is 2.36. The highest BCUT2D eigenvalue weighted by Gasteiger charge is 2.11. The van der Waals surface area contributed by atoms with Crippen LogP contribution in [0.15, 0.2) is 36.4 Å². The zero-order valence-corrected chi connectivity index (χ0v) is 12.0. The van der Waals surface area contributed by atoms with E-state index in [0.717, 1.165) is 11.1 Å². The van der Waals surface area contributed by atoms with Gasteiger partial charge in [0.2, 0.25) is 0 Å². The second-order valence-corrected chi connectivity index (χ2v) is 5.39. The van der Waals surface area contributed by atoms with Crippen LogP contribution in [0.1, 0.15) is 22.7 Å². The molecule has 2 aromatic carbocycles. The first kappa shape index (κ1) is 14.3. The van der Waals surface area contributed by atoms with Crippen LogP contribution in [0.3, 0.4) is 0 Å². The molecule has 4 heteroatoms. The summed E-state index contributed by atoms with van der Waals surface area (Å²) in [6.45, 7) is 1.98. The molecule has 1 atom stereocenters. The number of halogens is 3. The molecular formula is C15H14Cl2FN. The molecule has 100 valence electrons. The molecule has 0 bridgehead atoms. The van der Waals surface area contributed by atoms with Crippen LogP contribution in [0, 0.1) is 12.7 Å². The van der Waals surface area contributed by atoms with Gasteiger partial charge in [-0.05, 0) is 48.2 Å². The van der Waals surface area contributed by atoms with E-state index in [2.05, 4.69) is 0 Å². The Hall–Kier alpha value is -1.09. The van der Waals surface area contributed by atoms with E-state index < -0.39 is 5.82 Å². The minimum absolute atomic E-state index is 0.101. The summed E-state index contributed by atoms with van der Waals surface area (Å²) >= 11 is 11.8. The quantitative estimate of drug-likeness (QED) is 0.874. The minimum Gasteiger partial charge on any atom is -0.324 e. The monoisotopic (exact) mass is 297 g/mol. The third-order valence-electron chi connectivity index (χ3n) is 3.02. The van der Waals surface area contributed by atoms with Crippen LogP contribution in [-0.2, 0) is 6.42 Å². The Bertz CT molecular complexity index is 599. The van der Waals surface area contributed by atoms with Gasteiger partial charge in [0.05, 0.1) is 5.02 Å². The molecular weight excluding hydrogens is 284 g/mol. The van der Waals surface area contributed by atoms with Gasteiger partial charge >= 0.3 is 0 Å². The van der Waals surface area contributed by atoms with Crippen LogP contribution >= 0.6 is 23.2 Å². The fourth-order valence-corrected chi connectivity index (χ4v) is 2.35. The molecule has 1 unspecified atom stereocenters. The molecule has 2 N–H and O–H groups in total. The lowest BCUT2D eigenvalue weighted by molar-refractivity contribution is 0.619.